The molecule has 0 saturated carbocycles. The highest BCUT2D eigenvalue weighted by Crippen LogP contribution is 2.36. The van der Waals surface area contributed by atoms with Crippen LogP contribution in [0, 0.1) is 6.92 Å². The van der Waals surface area contributed by atoms with Crippen LogP contribution in [-0.4, -0.2) is 11.8 Å². The zero-order valence-electron chi connectivity index (χ0n) is 15.3. The summed E-state index contributed by atoms with van der Waals surface area (Å²) in [4.78, 5) is 26.0. The van der Waals surface area contributed by atoms with Crippen LogP contribution in [0.3, 0.4) is 0 Å². The largest absolute Gasteiger partial charge is 0.452 e. The topological polar surface area (TPSA) is 65.7 Å². The molecule has 6 heteroatoms. The van der Waals surface area contributed by atoms with Crippen molar-refractivity contribution in [1.29, 1.82) is 0 Å². The Morgan fingerprint density at radius 2 is 1.97 bits per heavy atom. The molecular formula is C23H14O5S. The van der Waals surface area contributed by atoms with Gasteiger partial charge in [0.05, 0.1) is 5.56 Å². The number of esters is 1. The summed E-state index contributed by atoms with van der Waals surface area (Å²) in [7, 11) is 0. The minimum Gasteiger partial charge on any atom is -0.452 e. The summed E-state index contributed by atoms with van der Waals surface area (Å²) in [5, 5.41) is 2.78. The number of para-hydroxylation sites is 1. The molecule has 0 aliphatic carbocycles. The van der Waals surface area contributed by atoms with Gasteiger partial charge in [-0.05, 0) is 48.2 Å². The van der Waals surface area contributed by atoms with E-state index >= 15 is 0 Å². The Morgan fingerprint density at radius 1 is 1.10 bits per heavy atom. The van der Waals surface area contributed by atoms with Crippen molar-refractivity contribution in [3.8, 4) is 11.5 Å². The second-order valence-electron chi connectivity index (χ2n) is 6.60. The molecule has 0 bridgehead atoms. The Kier molecular flexibility index (Phi) is 4.07. The van der Waals surface area contributed by atoms with E-state index < -0.39 is 5.97 Å². The molecule has 1 aliphatic heterocycles. The Hall–Kier alpha value is -3.64. The summed E-state index contributed by atoms with van der Waals surface area (Å²) in [6.45, 7) is 1.98. The molecule has 0 radical (unpaired) electrons. The maximum Gasteiger partial charge on any atom is 0.379 e. The summed E-state index contributed by atoms with van der Waals surface area (Å²) in [5.74, 6) is 0.197. The fourth-order valence-electron chi connectivity index (χ4n) is 3.12. The van der Waals surface area contributed by atoms with Crippen molar-refractivity contribution in [2.75, 3.05) is 0 Å². The lowest BCUT2D eigenvalue weighted by atomic mass is 10.1. The van der Waals surface area contributed by atoms with Crippen LogP contribution in [0.25, 0.3) is 17.0 Å². The standard InChI is InChI=1S/C23H14O5S/c1-13-8-9-29-21(13)12-19-22(24)16-7-6-15(11-18(16)28-19)26-23(25)20-10-14-4-2-3-5-17(14)27-20/h2-12H,1H3/b19-12-. The number of ether oxygens (including phenoxy) is 2. The van der Waals surface area contributed by atoms with Gasteiger partial charge in [-0.1, -0.05) is 18.2 Å². The van der Waals surface area contributed by atoms with E-state index in [1.165, 1.54) is 17.4 Å². The molecule has 0 N–H and O–H groups in total. The first-order valence-electron chi connectivity index (χ1n) is 8.91. The lowest BCUT2D eigenvalue weighted by Crippen LogP contribution is -2.07. The number of Topliss-reactive ketones (excluding diaryl/α,β-unsaturated/α-hetero) is 1. The quantitative estimate of drug-likeness (QED) is 0.252. The van der Waals surface area contributed by atoms with Crippen LogP contribution >= 0.6 is 11.3 Å². The molecule has 0 saturated heterocycles. The highest BCUT2D eigenvalue weighted by molar-refractivity contribution is 7.11. The number of benzene rings is 2. The van der Waals surface area contributed by atoms with Crippen LogP contribution in [0.15, 0.2) is 70.2 Å². The minimum absolute atomic E-state index is 0.109. The Bertz CT molecular complexity index is 1270. The van der Waals surface area contributed by atoms with Crippen LogP contribution in [0.1, 0.15) is 31.4 Å². The summed E-state index contributed by atoms with van der Waals surface area (Å²) >= 11 is 1.54. The lowest BCUT2D eigenvalue weighted by molar-refractivity contribution is 0.0703. The lowest BCUT2D eigenvalue weighted by Gasteiger charge is -2.04. The fraction of sp³-hybridized carbons (Fsp3) is 0.0435. The number of carbonyl (C=O) groups is 2. The first-order valence-corrected chi connectivity index (χ1v) is 9.79. The van der Waals surface area contributed by atoms with Crippen molar-refractivity contribution in [3.63, 3.8) is 0 Å². The molecular weight excluding hydrogens is 388 g/mol. The number of rotatable bonds is 3. The van der Waals surface area contributed by atoms with Gasteiger partial charge < -0.3 is 13.9 Å². The van der Waals surface area contributed by atoms with E-state index in [1.54, 1.807) is 30.3 Å². The number of aryl methyl sites for hydroxylation is 1. The van der Waals surface area contributed by atoms with E-state index in [-0.39, 0.29) is 23.1 Å². The zero-order chi connectivity index (χ0) is 20.0. The summed E-state index contributed by atoms with van der Waals surface area (Å²) in [6.07, 6.45) is 1.74. The van der Waals surface area contributed by atoms with Gasteiger partial charge in [0.15, 0.2) is 5.76 Å². The van der Waals surface area contributed by atoms with E-state index in [4.69, 9.17) is 13.9 Å². The smallest absolute Gasteiger partial charge is 0.379 e. The highest BCUT2D eigenvalue weighted by Gasteiger charge is 2.28. The molecule has 2 aromatic heterocycles. The minimum atomic E-state index is -0.615. The van der Waals surface area contributed by atoms with Gasteiger partial charge in [0.2, 0.25) is 11.5 Å². The van der Waals surface area contributed by atoms with E-state index in [0.717, 1.165) is 15.8 Å². The average Bonchev–Trinajstić information content (AvgIpc) is 3.40. The van der Waals surface area contributed by atoms with Crippen molar-refractivity contribution < 1.29 is 23.5 Å². The predicted octanol–water partition coefficient (Wildman–Crippen LogP) is 5.64. The molecule has 0 amide bonds. The zero-order valence-corrected chi connectivity index (χ0v) is 16.1. The summed E-state index contributed by atoms with van der Waals surface area (Å²) in [5.41, 5.74) is 2.13. The number of thiophene rings is 1. The van der Waals surface area contributed by atoms with Gasteiger partial charge in [0.1, 0.15) is 17.1 Å². The molecule has 3 heterocycles. The third-order valence-electron chi connectivity index (χ3n) is 4.64. The molecule has 0 spiro atoms. The Labute approximate surface area is 169 Å². The third kappa shape index (κ3) is 3.13. The first kappa shape index (κ1) is 17.5. The monoisotopic (exact) mass is 402 g/mol. The Balaban J connectivity index is 1.39. The van der Waals surface area contributed by atoms with Crippen LogP contribution < -0.4 is 9.47 Å². The molecule has 2 aromatic carbocycles. The van der Waals surface area contributed by atoms with Crippen LogP contribution in [0.2, 0.25) is 0 Å². The number of fused-ring (bicyclic) bond motifs is 2. The molecule has 1 aliphatic rings. The van der Waals surface area contributed by atoms with Gasteiger partial charge in [-0.15, -0.1) is 11.3 Å². The molecule has 29 heavy (non-hydrogen) atoms. The van der Waals surface area contributed by atoms with Crippen molar-refractivity contribution >= 4 is 40.1 Å². The SMILES string of the molecule is Cc1ccsc1/C=C1\Oc2cc(OC(=O)c3cc4ccccc4o3)ccc2C1=O. The molecule has 0 fully saturated rings. The van der Waals surface area contributed by atoms with Crippen LogP contribution in [0.5, 0.6) is 11.5 Å². The van der Waals surface area contributed by atoms with Crippen molar-refractivity contribution in [2.45, 2.75) is 6.92 Å². The summed E-state index contributed by atoms with van der Waals surface area (Å²) in [6, 6.07) is 15.7. The van der Waals surface area contributed by atoms with Crippen LogP contribution in [-0.2, 0) is 0 Å². The van der Waals surface area contributed by atoms with Crippen molar-refractivity contribution in [3.05, 3.63) is 87.5 Å². The predicted molar refractivity (Wildman–Crippen MR) is 110 cm³/mol. The van der Waals surface area contributed by atoms with Crippen molar-refractivity contribution in [1.82, 2.24) is 0 Å². The van der Waals surface area contributed by atoms with E-state index in [1.807, 2.05) is 36.6 Å². The molecule has 142 valence electrons. The van der Waals surface area contributed by atoms with Gasteiger partial charge in [-0.2, -0.15) is 0 Å². The molecule has 0 atom stereocenters. The van der Waals surface area contributed by atoms with Gasteiger partial charge in [-0.3, -0.25) is 4.79 Å². The number of furan rings is 1. The van der Waals surface area contributed by atoms with Gasteiger partial charge in [0.25, 0.3) is 0 Å². The fourth-order valence-corrected chi connectivity index (χ4v) is 3.97. The average molecular weight is 402 g/mol. The van der Waals surface area contributed by atoms with Gasteiger partial charge >= 0.3 is 5.97 Å². The van der Waals surface area contributed by atoms with E-state index in [9.17, 15) is 9.59 Å². The van der Waals surface area contributed by atoms with Gasteiger partial charge in [0, 0.05) is 22.4 Å². The Morgan fingerprint density at radius 3 is 2.76 bits per heavy atom. The second kappa shape index (κ2) is 6.76. The summed E-state index contributed by atoms with van der Waals surface area (Å²) < 4.78 is 16.7. The number of hydrogen-bond donors (Lipinski definition) is 0. The molecule has 5 nitrogen and oxygen atoms in total. The third-order valence-corrected chi connectivity index (χ3v) is 5.61. The number of hydrogen-bond acceptors (Lipinski definition) is 6. The molecule has 5 rings (SSSR count). The molecule has 0 unspecified atom stereocenters. The number of ketones is 1. The van der Waals surface area contributed by atoms with E-state index in [0.29, 0.717) is 16.9 Å². The normalized spacial score (nSPS) is 14.2. The molecule has 4 aromatic rings. The van der Waals surface area contributed by atoms with E-state index in [2.05, 4.69) is 0 Å². The number of carbonyl (C=O) groups excluding carboxylic acids is 2. The highest BCUT2D eigenvalue weighted by atomic mass is 32.1. The van der Waals surface area contributed by atoms with Crippen LogP contribution in [0.4, 0.5) is 0 Å². The maximum absolute atomic E-state index is 12.6. The van der Waals surface area contributed by atoms with Crippen molar-refractivity contribution in [2.24, 2.45) is 0 Å². The second-order valence-corrected chi connectivity index (χ2v) is 7.55. The number of allylic oxidation sites excluding steroid dienone is 1. The first-order chi connectivity index (χ1) is 14.1. The maximum atomic E-state index is 12.6. The van der Waals surface area contributed by atoms with Gasteiger partial charge in [-0.25, -0.2) is 4.79 Å².